The summed E-state index contributed by atoms with van der Waals surface area (Å²) < 4.78 is 16.4. The highest BCUT2D eigenvalue weighted by Crippen LogP contribution is 2.38. The molecule has 0 aromatic heterocycles. The number of aromatic hydroxyl groups is 1. The average Bonchev–Trinajstić information content (AvgIpc) is 3.24. The number of carbonyl (C=O) groups is 2. The zero-order valence-electron chi connectivity index (χ0n) is 34.8. The minimum absolute atomic E-state index is 0.0419. The summed E-state index contributed by atoms with van der Waals surface area (Å²) in [7, 11) is 0. The van der Waals surface area contributed by atoms with Crippen LogP contribution in [0.15, 0.2) is 158 Å². The van der Waals surface area contributed by atoms with Crippen molar-refractivity contribution in [1.29, 1.82) is 0 Å². The van der Waals surface area contributed by atoms with Gasteiger partial charge in [-0.25, -0.2) is 4.79 Å². The Kier molecular flexibility index (Phi) is 12.2. The van der Waals surface area contributed by atoms with E-state index in [9.17, 15) is 14.7 Å². The van der Waals surface area contributed by atoms with Gasteiger partial charge >= 0.3 is 6.16 Å². The van der Waals surface area contributed by atoms with Crippen LogP contribution in [0.5, 0.6) is 23.0 Å². The molecule has 0 radical (unpaired) electrons. The van der Waals surface area contributed by atoms with Crippen molar-refractivity contribution in [3.05, 3.63) is 208 Å². The van der Waals surface area contributed by atoms with E-state index in [1.165, 1.54) is 11.1 Å². The van der Waals surface area contributed by atoms with Gasteiger partial charge in [-0.3, -0.25) is 4.79 Å². The van der Waals surface area contributed by atoms with Crippen LogP contribution in [0.25, 0.3) is 0 Å². The third kappa shape index (κ3) is 9.43. The number of phenols is 1. The van der Waals surface area contributed by atoms with E-state index in [1.54, 1.807) is 36.4 Å². The van der Waals surface area contributed by atoms with Gasteiger partial charge in [0.1, 0.15) is 23.0 Å². The number of ether oxygens (including phenoxy) is 3. The smallest absolute Gasteiger partial charge is 0.508 e. The summed E-state index contributed by atoms with van der Waals surface area (Å²) in [5, 5.41) is 10.1. The van der Waals surface area contributed by atoms with Crippen molar-refractivity contribution in [1.82, 2.24) is 0 Å². The second kappa shape index (κ2) is 17.8. The predicted molar refractivity (Wildman–Crippen MR) is 239 cm³/mol. The van der Waals surface area contributed by atoms with Crippen LogP contribution in [-0.2, 0) is 16.6 Å². The normalized spacial score (nSPS) is 11.7. The quantitative estimate of drug-likeness (QED) is 0.0706. The van der Waals surface area contributed by atoms with Crippen molar-refractivity contribution < 1.29 is 28.9 Å². The van der Waals surface area contributed by atoms with E-state index in [4.69, 9.17) is 14.2 Å². The van der Waals surface area contributed by atoms with Crippen molar-refractivity contribution in [2.45, 2.75) is 59.3 Å². The molecule has 0 spiro atoms. The maximum absolute atomic E-state index is 13.1. The molecule has 60 heavy (non-hydrogen) atoms. The van der Waals surface area contributed by atoms with E-state index in [-0.39, 0.29) is 17.1 Å². The van der Waals surface area contributed by atoms with E-state index in [0.717, 1.165) is 56.0 Å². The molecule has 0 bridgehead atoms. The van der Waals surface area contributed by atoms with E-state index >= 15 is 0 Å². The average molecular weight is 796 g/mol. The summed E-state index contributed by atoms with van der Waals surface area (Å²) in [5.74, 6) is 1.45. The molecule has 0 saturated heterocycles. The van der Waals surface area contributed by atoms with Crippen LogP contribution < -0.4 is 19.1 Å². The SMILES string of the molecule is Cc1ccc(N(c2ccc(C)cc2)c2ccc(CC(c3ccc(O)cc3)c3ccc(OC(=O)Oc4ccc(C(C)(C)c5ccc(OC=O)c(C)c5)cc4C)cc3)cc2)cc1. The lowest BCUT2D eigenvalue weighted by Gasteiger charge is -2.27. The van der Waals surface area contributed by atoms with Gasteiger partial charge in [0, 0.05) is 28.4 Å². The third-order valence-electron chi connectivity index (χ3n) is 11.2. The van der Waals surface area contributed by atoms with Crippen LogP contribution in [0.2, 0.25) is 0 Å². The molecule has 7 aromatic carbocycles. The van der Waals surface area contributed by atoms with Gasteiger partial charge in [0.15, 0.2) is 0 Å². The van der Waals surface area contributed by atoms with Crippen LogP contribution in [0.3, 0.4) is 0 Å². The molecular weight excluding hydrogens is 747 g/mol. The second-order valence-corrected chi connectivity index (χ2v) is 15.8. The summed E-state index contributed by atoms with van der Waals surface area (Å²) in [6.07, 6.45) is -0.131. The van der Waals surface area contributed by atoms with Crippen LogP contribution in [0.4, 0.5) is 21.9 Å². The molecule has 7 aromatic rings. The van der Waals surface area contributed by atoms with Crippen LogP contribution in [0.1, 0.15) is 69.8 Å². The standard InChI is InChI=1S/C53H49NO6/c1-35-7-19-44(20-8-35)54(45-21-9-36(2)10-22-45)46-23-11-39(12-24-46)33-49(40-13-25-47(56)26-14-40)41-15-27-48(28-16-41)59-52(57)60-51-30-18-43(32-38(51)4)53(5,6)42-17-29-50(58-34-55)37(3)31-42/h7-32,34,49,56H,33H2,1-6H3. The largest absolute Gasteiger partial charge is 0.519 e. The molecule has 0 aliphatic heterocycles. The molecule has 1 atom stereocenters. The number of aryl methyl sites for hydroxylation is 4. The van der Waals surface area contributed by atoms with Gasteiger partial charge in [-0.1, -0.05) is 110 Å². The first-order valence-corrected chi connectivity index (χ1v) is 20.0. The number of anilines is 3. The van der Waals surface area contributed by atoms with Gasteiger partial charge in [0.2, 0.25) is 0 Å². The number of hydrogen-bond donors (Lipinski definition) is 1. The highest BCUT2D eigenvalue weighted by Gasteiger charge is 2.25. The fourth-order valence-corrected chi connectivity index (χ4v) is 7.50. The van der Waals surface area contributed by atoms with Crippen molar-refractivity contribution in [2.24, 2.45) is 0 Å². The lowest BCUT2D eigenvalue weighted by atomic mass is 9.77. The molecule has 0 aliphatic rings. The number of rotatable bonds is 13. The summed E-state index contributed by atoms with van der Waals surface area (Å²) in [4.78, 5) is 26.2. The van der Waals surface area contributed by atoms with Gasteiger partial charge in [0.05, 0.1) is 0 Å². The fraction of sp³-hybridized carbons (Fsp3) is 0.170. The first-order chi connectivity index (χ1) is 28.9. The van der Waals surface area contributed by atoms with Crippen LogP contribution >= 0.6 is 0 Å². The third-order valence-corrected chi connectivity index (χ3v) is 11.2. The van der Waals surface area contributed by atoms with E-state index in [2.05, 4.69) is 105 Å². The second-order valence-electron chi connectivity index (χ2n) is 15.8. The first-order valence-electron chi connectivity index (χ1n) is 20.0. The zero-order chi connectivity index (χ0) is 42.4. The molecule has 7 rings (SSSR count). The number of benzene rings is 7. The zero-order valence-corrected chi connectivity index (χ0v) is 34.8. The molecule has 0 heterocycles. The van der Waals surface area contributed by atoms with Gasteiger partial charge in [-0.15, -0.1) is 0 Å². The molecular formula is C53H49NO6. The minimum Gasteiger partial charge on any atom is -0.508 e. The van der Waals surface area contributed by atoms with Gasteiger partial charge in [0.25, 0.3) is 6.47 Å². The topological polar surface area (TPSA) is 85.3 Å². The Morgan fingerprint density at radius 2 is 1.07 bits per heavy atom. The van der Waals surface area contributed by atoms with Crippen LogP contribution in [0, 0.1) is 27.7 Å². The molecule has 7 nitrogen and oxygen atoms in total. The Labute approximate surface area is 352 Å². The van der Waals surface area contributed by atoms with Gasteiger partial charge in [-0.05, 0) is 146 Å². The molecule has 1 unspecified atom stereocenters. The molecule has 7 heteroatoms. The highest BCUT2D eigenvalue weighted by molar-refractivity contribution is 5.77. The maximum Gasteiger partial charge on any atom is 0.519 e. The number of phenolic OH excluding ortho intramolecular Hbond substituents is 1. The van der Waals surface area contributed by atoms with Crippen LogP contribution in [-0.4, -0.2) is 17.7 Å². The molecule has 0 fully saturated rings. The monoisotopic (exact) mass is 795 g/mol. The number of carbonyl (C=O) groups excluding carboxylic acids is 2. The molecule has 1 N–H and O–H groups in total. The van der Waals surface area contributed by atoms with E-state index in [1.807, 2.05) is 62.4 Å². The molecule has 302 valence electrons. The Hall–Kier alpha value is -7.12. The van der Waals surface area contributed by atoms with Crippen molar-refractivity contribution in [3.8, 4) is 23.0 Å². The van der Waals surface area contributed by atoms with E-state index < -0.39 is 6.16 Å². The lowest BCUT2D eigenvalue weighted by Crippen LogP contribution is -2.20. The Bertz CT molecular complexity index is 2530. The Morgan fingerprint density at radius 3 is 1.55 bits per heavy atom. The highest BCUT2D eigenvalue weighted by atomic mass is 16.7. The molecule has 0 aliphatic carbocycles. The van der Waals surface area contributed by atoms with E-state index in [0.29, 0.717) is 30.1 Å². The van der Waals surface area contributed by atoms with Gasteiger partial charge in [-0.2, -0.15) is 0 Å². The van der Waals surface area contributed by atoms with Crippen molar-refractivity contribution in [3.63, 3.8) is 0 Å². The van der Waals surface area contributed by atoms with Gasteiger partial charge < -0.3 is 24.2 Å². The molecule has 0 saturated carbocycles. The summed E-state index contributed by atoms with van der Waals surface area (Å²) in [5.41, 5.74) is 12.2. The number of nitrogens with zero attached hydrogens (tertiary/aromatic N) is 1. The number of hydrogen-bond acceptors (Lipinski definition) is 7. The minimum atomic E-state index is -0.834. The summed E-state index contributed by atoms with van der Waals surface area (Å²) in [6.45, 7) is 12.6. The summed E-state index contributed by atoms with van der Waals surface area (Å²) >= 11 is 0. The van der Waals surface area contributed by atoms with Crippen molar-refractivity contribution in [2.75, 3.05) is 4.90 Å². The first kappa shape index (κ1) is 41.1. The maximum atomic E-state index is 13.1. The molecule has 0 amide bonds. The Balaban J connectivity index is 1.06. The summed E-state index contributed by atoms with van der Waals surface area (Å²) in [6, 6.07) is 52.1. The van der Waals surface area contributed by atoms with Crippen molar-refractivity contribution >= 4 is 29.7 Å². The fourth-order valence-electron chi connectivity index (χ4n) is 7.50. The Morgan fingerprint density at radius 1 is 0.600 bits per heavy atom. The lowest BCUT2D eigenvalue weighted by molar-refractivity contribution is -0.120. The predicted octanol–water partition coefficient (Wildman–Crippen LogP) is 12.9.